The highest BCUT2D eigenvalue weighted by Crippen LogP contribution is 2.33. The Morgan fingerprint density at radius 1 is 1.26 bits per heavy atom. The maximum absolute atomic E-state index is 12.2. The molecule has 1 saturated heterocycles. The van der Waals surface area contributed by atoms with Gasteiger partial charge in [-0.15, -0.1) is 6.58 Å². The third kappa shape index (κ3) is 3.77. The van der Waals surface area contributed by atoms with E-state index >= 15 is 0 Å². The molecule has 0 aliphatic carbocycles. The fourth-order valence-corrected chi connectivity index (χ4v) is 2.97. The third-order valence-corrected chi connectivity index (χ3v) is 4.37. The number of amides is 3. The summed E-state index contributed by atoms with van der Waals surface area (Å²) < 4.78 is 10.8. The summed E-state index contributed by atoms with van der Waals surface area (Å²) >= 11 is 0. The molecule has 1 unspecified atom stereocenters. The zero-order chi connectivity index (χ0) is 20.1. The van der Waals surface area contributed by atoms with Crippen LogP contribution in [0.15, 0.2) is 24.8 Å². The van der Waals surface area contributed by atoms with Gasteiger partial charge in [-0.05, 0) is 24.1 Å². The monoisotopic (exact) mass is 371 g/mol. The van der Waals surface area contributed by atoms with E-state index < -0.39 is 17.9 Å². The summed E-state index contributed by atoms with van der Waals surface area (Å²) in [5.74, 6) is -0.163. The Hall–Kier alpha value is -3.34. The summed E-state index contributed by atoms with van der Waals surface area (Å²) in [7, 11) is 6.00. The van der Waals surface area contributed by atoms with Crippen molar-refractivity contribution in [3.63, 3.8) is 0 Å². The molecule has 1 aromatic rings. The molecule has 1 aromatic carbocycles. The van der Waals surface area contributed by atoms with E-state index in [1.807, 2.05) is 12.1 Å². The maximum atomic E-state index is 12.2. The van der Waals surface area contributed by atoms with Crippen LogP contribution in [0.2, 0.25) is 0 Å². The van der Waals surface area contributed by atoms with E-state index in [0.29, 0.717) is 24.5 Å². The Labute approximate surface area is 158 Å². The van der Waals surface area contributed by atoms with Crippen LogP contribution in [0.4, 0.5) is 4.79 Å². The maximum Gasteiger partial charge on any atom is 0.417 e. The van der Waals surface area contributed by atoms with Crippen molar-refractivity contribution in [1.29, 1.82) is 5.26 Å². The molecule has 27 heavy (non-hydrogen) atoms. The lowest BCUT2D eigenvalue weighted by Gasteiger charge is -2.26. The third-order valence-electron chi connectivity index (χ3n) is 4.37. The van der Waals surface area contributed by atoms with Crippen LogP contribution in [0.1, 0.15) is 11.1 Å². The molecule has 0 saturated carbocycles. The summed E-state index contributed by atoms with van der Waals surface area (Å²) in [5.41, 5.74) is 1.75. The van der Waals surface area contributed by atoms with Crippen molar-refractivity contribution in [2.75, 3.05) is 28.3 Å². The number of nitrogens with zero attached hydrogens (tertiary/aromatic N) is 3. The van der Waals surface area contributed by atoms with Crippen molar-refractivity contribution in [3.8, 4) is 17.6 Å². The van der Waals surface area contributed by atoms with Crippen LogP contribution in [-0.4, -0.2) is 55.9 Å². The largest absolute Gasteiger partial charge is 0.493 e. The molecule has 1 heterocycles. The number of carbonyl (C=O) groups is 2. The van der Waals surface area contributed by atoms with E-state index in [9.17, 15) is 14.9 Å². The SMILES string of the molecule is C=CCc1cc(C[NH+]=C2C(C#N)C(=O)N(C)C(=O)N2C)cc(OC)c1OC. The van der Waals surface area contributed by atoms with Gasteiger partial charge in [-0.2, -0.15) is 10.2 Å². The van der Waals surface area contributed by atoms with E-state index in [-0.39, 0.29) is 5.84 Å². The number of carbonyl (C=O) groups excluding carboxylic acids is 2. The first-order chi connectivity index (χ1) is 12.9. The number of hydrogen-bond acceptors (Lipinski definition) is 5. The van der Waals surface area contributed by atoms with Crippen LogP contribution >= 0.6 is 0 Å². The molecular weight excluding hydrogens is 348 g/mol. The molecule has 8 heteroatoms. The van der Waals surface area contributed by atoms with Crippen molar-refractivity contribution in [2.24, 2.45) is 5.92 Å². The summed E-state index contributed by atoms with van der Waals surface area (Å²) in [5, 5.41) is 9.37. The van der Waals surface area contributed by atoms with E-state index in [4.69, 9.17) is 9.47 Å². The van der Waals surface area contributed by atoms with Crippen molar-refractivity contribution in [1.82, 2.24) is 9.80 Å². The summed E-state index contributed by atoms with van der Waals surface area (Å²) in [6.07, 6.45) is 2.35. The van der Waals surface area contributed by atoms with Crippen LogP contribution in [0, 0.1) is 17.2 Å². The quantitative estimate of drug-likeness (QED) is 0.714. The van der Waals surface area contributed by atoms with Gasteiger partial charge in [0.1, 0.15) is 6.54 Å². The number of hydrogen-bond donors (Lipinski definition) is 1. The fraction of sp³-hybridized carbons (Fsp3) is 0.368. The molecule has 1 atom stereocenters. The van der Waals surface area contributed by atoms with Gasteiger partial charge < -0.3 is 9.47 Å². The molecule has 3 amide bonds. The summed E-state index contributed by atoms with van der Waals surface area (Å²) in [6.45, 7) is 4.05. The molecule has 142 valence electrons. The second-order valence-electron chi connectivity index (χ2n) is 6.02. The minimum absolute atomic E-state index is 0.255. The molecule has 1 fully saturated rings. The number of ether oxygens (including phenoxy) is 2. The number of nitrogens with one attached hydrogen (secondary N) is 1. The molecule has 0 aromatic heterocycles. The highest BCUT2D eigenvalue weighted by molar-refractivity contribution is 6.17. The van der Waals surface area contributed by atoms with Gasteiger partial charge in [-0.3, -0.25) is 9.79 Å². The van der Waals surface area contributed by atoms with Crippen molar-refractivity contribution in [2.45, 2.75) is 13.0 Å². The van der Waals surface area contributed by atoms with Crippen molar-refractivity contribution >= 4 is 17.8 Å². The van der Waals surface area contributed by atoms with Gasteiger partial charge in [-0.1, -0.05) is 6.08 Å². The number of amidine groups is 1. The predicted molar refractivity (Wildman–Crippen MR) is 98.2 cm³/mol. The Bertz CT molecular complexity index is 841. The second kappa shape index (κ2) is 8.36. The number of allylic oxidation sites excluding steroid dienone is 1. The molecule has 1 aliphatic heterocycles. The predicted octanol–water partition coefficient (Wildman–Crippen LogP) is 0.0750. The topological polar surface area (TPSA) is 96.8 Å². The first kappa shape index (κ1) is 20.0. The molecule has 2 rings (SSSR count). The van der Waals surface area contributed by atoms with Crippen LogP contribution in [-0.2, 0) is 17.8 Å². The van der Waals surface area contributed by atoms with Crippen LogP contribution < -0.4 is 14.5 Å². The highest BCUT2D eigenvalue weighted by Gasteiger charge is 2.46. The first-order valence-corrected chi connectivity index (χ1v) is 8.29. The van der Waals surface area contributed by atoms with Gasteiger partial charge in [0.15, 0.2) is 11.5 Å². The Morgan fingerprint density at radius 2 is 1.96 bits per heavy atom. The van der Waals surface area contributed by atoms with E-state index in [0.717, 1.165) is 16.0 Å². The summed E-state index contributed by atoms with van der Waals surface area (Å²) in [4.78, 5) is 29.6. The van der Waals surface area contributed by atoms with Gasteiger partial charge in [0.25, 0.3) is 11.7 Å². The molecule has 1 aliphatic rings. The van der Waals surface area contributed by atoms with Gasteiger partial charge in [0, 0.05) is 12.6 Å². The summed E-state index contributed by atoms with van der Waals surface area (Å²) in [6, 6.07) is 5.19. The average molecular weight is 371 g/mol. The smallest absolute Gasteiger partial charge is 0.417 e. The van der Waals surface area contributed by atoms with Crippen LogP contribution in [0.25, 0.3) is 0 Å². The van der Waals surface area contributed by atoms with Crippen LogP contribution in [0.5, 0.6) is 11.5 Å². The zero-order valence-electron chi connectivity index (χ0n) is 15.9. The van der Waals surface area contributed by atoms with E-state index in [1.165, 1.54) is 19.0 Å². The normalized spacial score (nSPS) is 18.5. The Kier molecular flexibility index (Phi) is 6.19. The van der Waals surface area contributed by atoms with Gasteiger partial charge in [-0.25, -0.2) is 9.69 Å². The minimum Gasteiger partial charge on any atom is -0.493 e. The van der Waals surface area contributed by atoms with Gasteiger partial charge in [0.2, 0.25) is 5.92 Å². The molecule has 8 nitrogen and oxygen atoms in total. The second-order valence-corrected chi connectivity index (χ2v) is 6.02. The van der Waals surface area contributed by atoms with Crippen molar-refractivity contribution < 1.29 is 24.1 Å². The standard InChI is InChI=1S/C19H22N4O4/c1-6-7-13-8-12(9-15(26-4)16(13)27-5)11-21-17-14(10-20)18(24)23(3)19(25)22(17)2/h6,8-9,14H,1,7,11H2,2-5H3/p+1. The first-order valence-electron chi connectivity index (χ1n) is 8.29. The van der Waals surface area contributed by atoms with E-state index in [2.05, 4.69) is 11.6 Å². The molecular formula is C19H23N4O4+. The molecule has 1 N–H and O–H groups in total. The molecule has 0 bridgehead atoms. The van der Waals surface area contributed by atoms with Gasteiger partial charge >= 0.3 is 6.03 Å². The average Bonchev–Trinajstić information content (AvgIpc) is 2.67. The van der Waals surface area contributed by atoms with E-state index in [1.54, 1.807) is 26.4 Å². The van der Waals surface area contributed by atoms with Crippen LogP contribution in [0.3, 0.4) is 0 Å². The number of benzene rings is 1. The number of urea groups is 1. The van der Waals surface area contributed by atoms with Crippen molar-refractivity contribution in [3.05, 3.63) is 35.9 Å². The molecule has 0 spiro atoms. The highest BCUT2D eigenvalue weighted by atomic mass is 16.5. The lowest BCUT2D eigenvalue weighted by molar-refractivity contribution is -0.482. The Morgan fingerprint density at radius 3 is 2.52 bits per heavy atom. The number of imide groups is 1. The zero-order valence-corrected chi connectivity index (χ0v) is 15.9. The number of nitriles is 1. The fourth-order valence-electron chi connectivity index (χ4n) is 2.97. The van der Waals surface area contributed by atoms with Gasteiger partial charge in [0.05, 0.1) is 27.3 Å². The number of rotatable bonds is 6. The minimum atomic E-state index is -1.06. The molecule has 0 radical (unpaired) electrons. The number of methoxy groups -OCH3 is 2. The lowest BCUT2D eigenvalue weighted by atomic mass is 10.0. The lowest BCUT2D eigenvalue weighted by Crippen LogP contribution is -2.79. The Balaban J connectivity index is 2.42.